The van der Waals surface area contributed by atoms with Crippen LogP contribution in [0.1, 0.15) is 0 Å². The molecule has 3 N–H and O–H groups in total. The summed E-state index contributed by atoms with van der Waals surface area (Å²) in [6, 6.07) is 9.75. The molecule has 0 unspecified atom stereocenters. The van der Waals surface area contributed by atoms with Crippen molar-refractivity contribution < 1.29 is 13.5 Å². The Kier molecular flexibility index (Phi) is 3.94. The van der Waals surface area contributed by atoms with Crippen molar-refractivity contribution in [2.45, 2.75) is 0 Å². The summed E-state index contributed by atoms with van der Waals surface area (Å²) in [5.41, 5.74) is 2.11. The van der Waals surface area contributed by atoms with Gasteiger partial charge in [0.1, 0.15) is 17.0 Å². The highest BCUT2D eigenvalue weighted by atomic mass is 32.2. The highest BCUT2D eigenvalue weighted by Crippen LogP contribution is 2.29. The van der Waals surface area contributed by atoms with Crippen molar-refractivity contribution in [1.82, 2.24) is 19.0 Å². The van der Waals surface area contributed by atoms with Crippen molar-refractivity contribution in [3.63, 3.8) is 0 Å². The largest absolute Gasteiger partial charge is 0.457 e. The zero-order valence-corrected chi connectivity index (χ0v) is 15.1. The van der Waals surface area contributed by atoms with Gasteiger partial charge in [-0.1, -0.05) is 0 Å². The van der Waals surface area contributed by atoms with Crippen molar-refractivity contribution >= 4 is 34.8 Å². The van der Waals surface area contributed by atoms with Crippen LogP contribution >= 0.6 is 12.1 Å². The second-order valence-corrected chi connectivity index (χ2v) is 6.87. The minimum Gasteiger partial charge on any atom is -0.457 e. The number of nitrogens with one attached hydrogen (secondary N) is 3. The number of aromatic nitrogens is 2. The van der Waals surface area contributed by atoms with Gasteiger partial charge in [0.15, 0.2) is 11.6 Å². The van der Waals surface area contributed by atoms with Crippen molar-refractivity contribution in [3.8, 4) is 5.75 Å². The molecule has 140 valence electrons. The molecule has 0 saturated carbocycles. The predicted molar refractivity (Wildman–Crippen MR) is 104 cm³/mol. The Morgan fingerprint density at radius 2 is 1.96 bits per heavy atom. The van der Waals surface area contributed by atoms with Gasteiger partial charge in [-0.2, -0.15) is 0 Å². The van der Waals surface area contributed by atoms with Crippen molar-refractivity contribution in [3.05, 3.63) is 84.0 Å². The Labute approximate surface area is 162 Å². The second kappa shape index (κ2) is 6.61. The molecular formula is C19H13F2N5OS. The number of anilines is 2. The number of H-pyrrole nitrogens is 1. The van der Waals surface area contributed by atoms with E-state index in [1.807, 2.05) is 53.1 Å². The maximum atomic E-state index is 13.8. The fourth-order valence-corrected chi connectivity index (χ4v) is 3.46. The number of fused-ring (bicyclic) bond motifs is 2. The van der Waals surface area contributed by atoms with Gasteiger partial charge in [0.05, 0.1) is 23.3 Å². The van der Waals surface area contributed by atoms with E-state index in [1.165, 1.54) is 18.2 Å². The molecule has 6 nitrogen and oxygen atoms in total. The third kappa shape index (κ3) is 3.05. The van der Waals surface area contributed by atoms with Crippen molar-refractivity contribution in [2.24, 2.45) is 0 Å². The molecular weight excluding hydrogens is 384 g/mol. The smallest absolute Gasteiger partial charge is 0.205 e. The maximum absolute atomic E-state index is 13.8. The maximum Gasteiger partial charge on any atom is 0.205 e. The van der Waals surface area contributed by atoms with Crippen LogP contribution in [-0.4, -0.2) is 14.3 Å². The number of halogens is 2. The van der Waals surface area contributed by atoms with E-state index in [-0.39, 0.29) is 5.52 Å². The molecule has 0 radical (unpaired) electrons. The van der Waals surface area contributed by atoms with Gasteiger partial charge in [-0.05, 0) is 42.5 Å². The van der Waals surface area contributed by atoms with Gasteiger partial charge in [-0.25, -0.2) is 13.8 Å². The Bertz CT molecular complexity index is 1150. The minimum atomic E-state index is -0.969. The molecule has 2 aromatic carbocycles. The number of rotatable bonds is 4. The first-order valence-electron chi connectivity index (χ1n) is 8.36. The van der Waals surface area contributed by atoms with Crippen LogP contribution in [0.25, 0.3) is 11.0 Å². The number of hydrogen-bond donors (Lipinski definition) is 3. The number of hydrogen-bond acceptors (Lipinski definition) is 6. The average molecular weight is 397 g/mol. The summed E-state index contributed by atoms with van der Waals surface area (Å²) in [5, 5.41) is 3.03. The van der Waals surface area contributed by atoms with Crippen LogP contribution in [-0.2, 0) is 0 Å². The zero-order valence-electron chi connectivity index (χ0n) is 14.2. The molecule has 0 bridgehead atoms. The van der Waals surface area contributed by atoms with Crippen LogP contribution in [0.5, 0.6) is 5.75 Å². The molecule has 0 fully saturated rings. The van der Waals surface area contributed by atoms with E-state index in [0.29, 0.717) is 17.2 Å². The Morgan fingerprint density at radius 3 is 2.82 bits per heavy atom. The fourth-order valence-electron chi connectivity index (χ4n) is 2.84. The van der Waals surface area contributed by atoms with Crippen molar-refractivity contribution in [2.75, 3.05) is 5.32 Å². The molecule has 0 amide bonds. The lowest BCUT2D eigenvalue weighted by Gasteiger charge is -2.17. The summed E-state index contributed by atoms with van der Waals surface area (Å²) in [6.45, 7) is 0. The molecule has 2 aliphatic rings. The zero-order chi connectivity index (χ0) is 19.1. The van der Waals surface area contributed by atoms with E-state index in [9.17, 15) is 8.78 Å². The normalized spacial score (nSPS) is 15.1. The summed E-state index contributed by atoms with van der Waals surface area (Å²) in [5.74, 6) is -0.175. The number of ether oxygens (including phenoxy) is 1. The monoisotopic (exact) mass is 397 g/mol. The molecule has 9 heteroatoms. The quantitative estimate of drug-likeness (QED) is 0.556. The molecule has 0 aliphatic carbocycles. The van der Waals surface area contributed by atoms with Crippen LogP contribution in [0.15, 0.2) is 72.4 Å². The van der Waals surface area contributed by atoms with Gasteiger partial charge < -0.3 is 19.8 Å². The van der Waals surface area contributed by atoms with E-state index >= 15 is 0 Å². The SMILES string of the molecule is Fc1ccc2[nH]c(Nc3ccc(OC4=CC5=CNSN5C=C4)cc3)nc2c1F. The van der Waals surface area contributed by atoms with E-state index in [0.717, 1.165) is 23.2 Å². The topological polar surface area (TPSA) is 65.2 Å². The Morgan fingerprint density at radius 1 is 1.11 bits per heavy atom. The van der Waals surface area contributed by atoms with E-state index in [4.69, 9.17) is 4.74 Å². The lowest BCUT2D eigenvalue weighted by Crippen LogP contribution is -2.08. The molecule has 28 heavy (non-hydrogen) atoms. The summed E-state index contributed by atoms with van der Waals surface area (Å²) >= 11 is 1.48. The average Bonchev–Trinajstić information content (AvgIpc) is 3.33. The van der Waals surface area contributed by atoms with E-state index in [2.05, 4.69) is 20.0 Å². The molecule has 5 rings (SSSR count). The van der Waals surface area contributed by atoms with Crippen molar-refractivity contribution in [1.29, 1.82) is 0 Å². The third-order valence-corrected chi connectivity index (χ3v) is 4.93. The first-order valence-corrected chi connectivity index (χ1v) is 9.13. The predicted octanol–water partition coefficient (Wildman–Crippen LogP) is 4.68. The summed E-state index contributed by atoms with van der Waals surface area (Å²) in [6.07, 6.45) is 7.63. The number of nitrogens with zero attached hydrogens (tertiary/aromatic N) is 2. The molecule has 2 aliphatic heterocycles. The number of benzene rings is 2. The molecule has 0 saturated heterocycles. The second-order valence-electron chi connectivity index (χ2n) is 6.06. The lowest BCUT2D eigenvalue weighted by molar-refractivity contribution is 0.439. The minimum absolute atomic E-state index is 0.0404. The van der Waals surface area contributed by atoms with Crippen LogP contribution in [0, 0.1) is 11.6 Å². The highest BCUT2D eigenvalue weighted by molar-refractivity contribution is 7.95. The molecule has 0 spiro atoms. The fraction of sp³-hybridized carbons (Fsp3) is 0. The van der Waals surface area contributed by atoms with Crippen LogP contribution < -0.4 is 14.8 Å². The third-order valence-electron chi connectivity index (χ3n) is 4.18. The highest BCUT2D eigenvalue weighted by Gasteiger charge is 2.17. The molecule has 0 atom stereocenters. The summed E-state index contributed by atoms with van der Waals surface area (Å²) < 4.78 is 38.0. The Hall–Kier alpha value is -3.46. The molecule has 3 aromatic rings. The van der Waals surface area contributed by atoms with Gasteiger partial charge in [0, 0.05) is 24.2 Å². The van der Waals surface area contributed by atoms with Gasteiger partial charge in [0.2, 0.25) is 5.95 Å². The van der Waals surface area contributed by atoms with Gasteiger partial charge in [-0.15, -0.1) is 0 Å². The summed E-state index contributed by atoms with van der Waals surface area (Å²) in [4.78, 5) is 6.98. The number of imidazole rings is 1. The number of allylic oxidation sites excluding steroid dienone is 2. The standard InChI is InChI=1S/C19H13F2N5OS/c20-15-5-6-16-18(17(15)21)25-19(24-16)23-11-1-3-13(4-2-11)27-14-7-8-26-12(9-14)10-22-28-26/h1-10,22H,(H2,23,24,25). The molecule has 3 heterocycles. The first-order chi connectivity index (χ1) is 13.7. The lowest BCUT2D eigenvalue weighted by atomic mass is 10.3. The first kappa shape index (κ1) is 16.7. The van der Waals surface area contributed by atoms with Gasteiger partial charge in [0.25, 0.3) is 0 Å². The van der Waals surface area contributed by atoms with Crippen LogP contribution in [0.3, 0.4) is 0 Å². The number of aromatic amines is 1. The van der Waals surface area contributed by atoms with Gasteiger partial charge in [-0.3, -0.25) is 4.31 Å². The van der Waals surface area contributed by atoms with E-state index in [1.54, 1.807) is 0 Å². The van der Waals surface area contributed by atoms with E-state index < -0.39 is 11.6 Å². The Balaban J connectivity index is 1.30. The van der Waals surface area contributed by atoms with Crippen LogP contribution in [0.4, 0.5) is 20.4 Å². The van der Waals surface area contributed by atoms with Crippen LogP contribution in [0.2, 0.25) is 0 Å². The summed E-state index contributed by atoms with van der Waals surface area (Å²) in [7, 11) is 0. The molecule has 1 aromatic heterocycles. The van der Waals surface area contributed by atoms with Gasteiger partial charge >= 0.3 is 0 Å².